The molecule has 0 fully saturated rings. The van der Waals surface area contributed by atoms with E-state index < -0.39 is 0 Å². The van der Waals surface area contributed by atoms with Gasteiger partial charge in [0.05, 0.1) is 11.0 Å². The van der Waals surface area contributed by atoms with Crippen LogP contribution in [0.5, 0.6) is 0 Å². The smallest absolute Gasteiger partial charge is 0.136 e. The van der Waals surface area contributed by atoms with Gasteiger partial charge < -0.3 is 8.98 Å². The molecule has 384 valence electrons. The Morgan fingerprint density at radius 1 is 0.341 bits per heavy atom. The van der Waals surface area contributed by atoms with Crippen LogP contribution in [0.1, 0.15) is 48.9 Å². The van der Waals surface area contributed by atoms with Gasteiger partial charge in [0.1, 0.15) is 11.2 Å². The average Bonchev–Trinajstić information content (AvgIpc) is 3.67. The van der Waals surface area contributed by atoms with Gasteiger partial charge in [-0.1, -0.05) is 215 Å². The fourth-order valence-corrected chi connectivity index (χ4v) is 15.5. The van der Waals surface area contributed by atoms with Crippen LogP contribution in [0, 0.1) is 5.41 Å². The molecule has 2 nitrogen and oxygen atoms in total. The first-order chi connectivity index (χ1) is 40.3. The van der Waals surface area contributed by atoms with Gasteiger partial charge in [0.15, 0.2) is 0 Å². The van der Waals surface area contributed by atoms with Crippen molar-refractivity contribution in [3.05, 3.63) is 277 Å². The lowest BCUT2D eigenvalue weighted by atomic mass is 9.59. The maximum atomic E-state index is 6.90. The van der Waals surface area contributed by atoms with Crippen LogP contribution >= 0.6 is 0 Å². The minimum absolute atomic E-state index is 0.00951. The first-order valence-electron chi connectivity index (χ1n) is 28.9. The highest BCUT2D eigenvalue weighted by Gasteiger charge is 2.55. The van der Waals surface area contributed by atoms with Crippen molar-refractivity contribution in [2.24, 2.45) is 5.41 Å². The normalized spacial score (nSPS) is 16.5. The first-order valence-corrected chi connectivity index (χ1v) is 28.9. The van der Waals surface area contributed by atoms with Crippen LogP contribution in [0.15, 0.2) is 259 Å². The number of allylic oxidation sites excluding steroid dienone is 1. The fraction of sp³-hybridized carbons (Fsp3) is 0.0750. The Labute approximate surface area is 474 Å². The van der Waals surface area contributed by atoms with E-state index in [1.807, 2.05) is 0 Å². The first kappa shape index (κ1) is 45.8. The van der Waals surface area contributed by atoms with E-state index in [0.29, 0.717) is 0 Å². The zero-order valence-electron chi connectivity index (χ0n) is 45.8. The molecule has 0 spiro atoms. The summed E-state index contributed by atoms with van der Waals surface area (Å²) in [7, 11) is 0. The summed E-state index contributed by atoms with van der Waals surface area (Å²) in [6.07, 6.45) is 4.88. The van der Waals surface area contributed by atoms with Crippen molar-refractivity contribution in [3.63, 3.8) is 0 Å². The third-order valence-electron chi connectivity index (χ3n) is 19.8. The third-order valence-corrected chi connectivity index (χ3v) is 19.8. The van der Waals surface area contributed by atoms with Gasteiger partial charge >= 0.3 is 0 Å². The van der Waals surface area contributed by atoms with Crippen LogP contribution < -0.4 is 0 Å². The summed E-state index contributed by atoms with van der Waals surface area (Å²) < 4.78 is 9.31. The highest BCUT2D eigenvalue weighted by atomic mass is 16.3. The van der Waals surface area contributed by atoms with Crippen molar-refractivity contribution >= 4 is 114 Å². The number of benzene rings is 14. The predicted molar refractivity (Wildman–Crippen MR) is 348 cm³/mol. The highest BCUT2D eigenvalue weighted by molar-refractivity contribution is 6.29. The maximum Gasteiger partial charge on any atom is 0.136 e. The molecule has 14 aromatic carbocycles. The molecule has 82 heavy (non-hydrogen) atoms. The van der Waals surface area contributed by atoms with Gasteiger partial charge in [0.25, 0.3) is 0 Å². The quantitative estimate of drug-likeness (QED) is 0.127. The van der Waals surface area contributed by atoms with Crippen LogP contribution in [-0.2, 0) is 5.41 Å². The molecule has 2 heteroatoms. The van der Waals surface area contributed by atoms with Gasteiger partial charge in [-0.05, 0) is 192 Å². The highest BCUT2D eigenvalue weighted by Crippen LogP contribution is 2.64. The second-order valence-electron chi connectivity index (χ2n) is 24.1. The molecule has 0 bridgehead atoms. The molecular formula is C80H53NO. The number of para-hydroxylation sites is 1. The van der Waals surface area contributed by atoms with Crippen molar-refractivity contribution < 1.29 is 4.42 Å². The number of rotatable bonds is 4. The Kier molecular flexibility index (Phi) is 9.24. The molecule has 0 aliphatic heterocycles. The zero-order chi connectivity index (χ0) is 54.2. The molecule has 0 amide bonds. The van der Waals surface area contributed by atoms with Crippen molar-refractivity contribution in [2.45, 2.75) is 32.1 Å². The summed E-state index contributed by atoms with van der Waals surface area (Å²) in [5, 5.41) is 19.6. The van der Waals surface area contributed by atoms with Gasteiger partial charge in [0, 0.05) is 38.6 Å². The van der Waals surface area contributed by atoms with E-state index in [1.165, 1.54) is 148 Å². The van der Waals surface area contributed by atoms with Crippen LogP contribution in [0.25, 0.3) is 154 Å². The standard InChI is InChI=1S/C80H53NO/c1-79(2)71-26-14-12-25-63(71)78-64-43-52(29-28-48(64)38-39-80(78,79)3)76-59-21-8-10-23-61(59)77(62-24-11-9-22-60(62)76)53-33-37-74-69(44-53)70-45-66-56-19-7-6-18-55(56)65-41-50(31-35-57(65)67(66)46-75(70)82-74)51-32-36-73-68(42-51)58-20-13-15-27-72(58)81(73)54-34-30-47-16-4-5-17-49(47)40-54/h4-46,78H,1-3H3. The minimum Gasteiger partial charge on any atom is -0.456 e. The summed E-state index contributed by atoms with van der Waals surface area (Å²) in [4.78, 5) is 0. The number of furan rings is 1. The molecular weight excluding hydrogens is 991 g/mol. The van der Waals surface area contributed by atoms with E-state index in [2.05, 4.69) is 286 Å². The lowest BCUT2D eigenvalue weighted by Crippen LogP contribution is -2.37. The van der Waals surface area contributed by atoms with Gasteiger partial charge in [-0.25, -0.2) is 0 Å². The fourth-order valence-electron chi connectivity index (χ4n) is 15.5. The lowest BCUT2D eigenvalue weighted by molar-refractivity contribution is 0.242. The number of aromatic nitrogens is 1. The average molecular weight is 1040 g/mol. The Bertz CT molecular complexity index is 5470. The number of fused-ring (bicyclic) bond motifs is 20. The number of nitrogens with zero attached hydrogens (tertiary/aromatic N) is 1. The van der Waals surface area contributed by atoms with Gasteiger partial charge in [-0.15, -0.1) is 0 Å². The van der Waals surface area contributed by atoms with Crippen LogP contribution in [0.3, 0.4) is 0 Å². The van der Waals surface area contributed by atoms with E-state index in [-0.39, 0.29) is 16.7 Å². The van der Waals surface area contributed by atoms with E-state index in [9.17, 15) is 0 Å². The Balaban J connectivity index is 0.773. The second kappa shape index (κ2) is 16.5. The molecule has 2 atom stereocenters. The van der Waals surface area contributed by atoms with Crippen molar-refractivity contribution in [1.82, 2.24) is 4.57 Å². The topological polar surface area (TPSA) is 18.1 Å². The Morgan fingerprint density at radius 3 is 1.63 bits per heavy atom. The summed E-state index contributed by atoms with van der Waals surface area (Å²) in [5.74, 6) is 0.268. The third kappa shape index (κ3) is 6.19. The minimum atomic E-state index is -0.0496. The van der Waals surface area contributed by atoms with Gasteiger partial charge in [-0.3, -0.25) is 0 Å². The Morgan fingerprint density at radius 2 is 0.878 bits per heavy atom. The van der Waals surface area contributed by atoms with E-state index >= 15 is 0 Å². The van der Waals surface area contributed by atoms with Crippen molar-refractivity contribution in [1.29, 1.82) is 0 Å². The van der Waals surface area contributed by atoms with Crippen LogP contribution in [0.4, 0.5) is 0 Å². The molecule has 2 heterocycles. The largest absolute Gasteiger partial charge is 0.456 e. The molecule has 0 N–H and O–H groups in total. The van der Waals surface area contributed by atoms with Crippen molar-refractivity contribution in [2.75, 3.05) is 0 Å². The van der Waals surface area contributed by atoms with Gasteiger partial charge in [0.2, 0.25) is 0 Å². The molecule has 2 aliphatic carbocycles. The number of hydrogen-bond acceptors (Lipinski definition) is 1. The molecule has 0 saturated heterocycles. The molecule has 2 unspecified atom stereocenters. The van der Waals surface area contributed by atoms with Crippen molar-refractivity contribution in [3.8, 4) is 39.1 Å². The summed E-state index contributed by atoms with van der Waals surface area (Å²) in [6.45, 7) is 7.34. The van der Waals surface area contributed by atoms with E-state index in [1.54, 1.807) is 0 Å². The molecule has 0 saturated carbocycles. The van der Waals surface area contributed by atoms with E-state index in [0.717, 1.165) is 21.9 Å². The second-order valence-corrected chi connectivity index (χ2v) is 24.1. The summed E-state index contributed by atoms with van der Waals surface area (Å²) in [5.41, 5.74) is 18.3. The monoisotopic (exact) mass is 1040 g/mol. The molecule has 16 aromatic rings. The molecule has 18 rings (SSSR count). The van der Waals surface area contributed by atoms with E-state index in [4.69, 9.17) is 4.42 Å². The van der Waals surface area contributed by atoms with Crippen LogP contribution in [0.2, 0.25) is 0 Å². The predicted octanol–water partition coefficient (Wildman–Crippen LogP) is 22.1. The Hall–Kier alpha value is -10.0. The molecule has 2 aromatic heterocycles. The zero-order valence-corrected chi connectivity index (χ0v) is 45.8. The summed E-state index contributed by atoms with van der Waals surface area (Å²) >= 11 is 0. The molecule has 2 aliphatic rings. The molecule has 0 radical (unpaired) electrons. The lowest BCUT2D eigenvalue weighted by Gasteiger charge is -2.43. The van der Waals surface area contributed by atoms with Gasteiger partial charge in [-0.2, -0.15) is 0 Å². The number of hydrogen-bond donors (Lipinski definition) is 0. The van der Waals surface area contributed by atoms with Crippen LogP contribution in [-0.4, -0.2) is 4.57 Å². The SMILES string of the molecule is CC1(C)c2ccccc2C2c3cc(-c4c5ccccc5c(-c5ccc6oc7cc8c9ccc(-c%10ccc%11c(c%10)c%10ccccc%10n%11-c%10ccc%11ccccc%11c%10)cc9c9ccccc9c8cc7c6c5)c5ccccc45)ccc3C=CC21C. The maximum absolute atomic E-state index is 6.90. The summed E-state index contributed by atoms with van der Waals surface area (Å²) in [6, 6.07) is 93.3.